The Labute approximate surface area is 150 Å². The fraction of sp³-hybridized carbons (Fsp3) is 0.200. The van der Waals surface area contributed by atoms with E-state index in [1.165, 1.54) is 18.2 Å². The number of anilines is 1. The van der Waals surface area contributed by atoms with Crippen molar-refractivity contribution in [2.24, 2.45) is 0 Å². The molecule has 0 saturated carbocycles. The molecule has 5 nitrogen and oxygen atoms in total. The molecule has 26 heavy (non-hydrogen) atoms. The molecule has 0 bridgehead atoms. The Balaban J connectivity index is 1.56. The number of imide groups is 1. The van der Waals surface area contributed by atoms with Crippen LogP contribution in [0.3, 0.4) is 0 Å². The number of carbonyl (C=O) groups is 2. The van der Waals surface area contributed by atoms with Crippen molar-refractivity contribution in [2.75, 3.05) is 18.0 Å². The number of β-amino-alcohol motifs (C(OH)–C–C–N with tert-alkyl or cyclic N) is 1. The first-order chi connectivity index (χ1) is 12.5. The van der Waals surface area contributed by atoms with Crippen LogP contribution in [0.15, 0.2) is 66.4 Å². The summed E-state index contributed by atoms with van der Waals surface area (Å²) in [7, 11) is 0. The first-order valence-electron chi connectivity index (χ1n) is 8.36. The highest BCUT2D eigenvalue weighted by Gasteiger charge is 2.43. The molecule has 1 fully saturated rings. The maximum absolute atomic E-state index is 13.1. The van der Waals surface area contributed by atoms with Gasteiger partial charge in [0.2, 0.25) is 0 Å². The van der Waals surface area contributed by atoms with Crippen LogP contribution in [-0.2, 0) is 15.2 Å². The van der Waals surface area contributed by atoms with E-state index in [4.69, 9.17) is 0 Å². The summed E-state index contributed by atoms with van der Waals surface area (Å²) in [5.74, 6) is -1.16. The molecular weight excluding hydrogens is 335 g/mol. The number of carbonyl (C=O) groups excluding carboxylic acids is 2. The highest BCUT2D eigenvalue weighted by atomic mass is 19.1. The van der Waals surface area contributed by atoms with Gasteiger partial charge in [0.15, 0.2) is 0 Å². The topological polar surface area (TPSA) is 60.9 Å². The van der Waals surface area contributed by atoms with E-state index >= 15 is 0 Å². The second kappa shape index (κ2) is 6.07. The van der Waals surface area contributed by atoms with E-state index in [1.807, 2.05) is 6.07 Å². The summed E-state index contributed by atoms with van der Waals surface area (Å²) in [6, 6.07) is 14.4. The first-order valence-corrected chi connectivity index (χ1v) is 8.36. The van der Waals surface area contributed by atoms with Crippen LogP contribution in [0.25, 0.3) is 0 Å². The standard InChI is InChI=1S/C20H17FN2O3/c21-15-8-6-14(7-9-15)20(26)10-11-22(13-20)17-12-18(24)23(19(17)25)16-4-2-1-3-5-16/h1-9,12,26H,10-11,13H2. The smallest absolute Gasteiger partial charge is 0.281 e. The fourth-order valence-electron chi connectivity index (χ4n) is 3.50. The molecule has 2 heterocycles. The van der Waals surface area contributed by atoms with Crippen LogP contribution in [0.1, 0.15) is 12.0 Å². The van der Waals surface area contributed by atoms with E-state index in [0.29, 0.717) is 24.2 Å². The van der Waals surface area contributed by atoms with Gasteiger partial charge in [-0.1, -0.05) is 30.3 Å². The molecule has 0 spiro atoms. The van der Waals surface area contributed by atoms with Gasteiger partial charge < -0.3 is 10.0 Å². The molecule has 2 aromatic rings. The molecule has 1 N–H and O–H groups in total. The van der Waals surface area contributed by atoms with Crippen LogP contribution >= 0.6 is 0 Å². The molecule has 2 aromatic carbocycles. The maximum Gasteiger partial charge on any atom is 0.281 e. The zero-order chi connectivity index (χ0) is 18.3. The lowest BCUT2D eigenvalue weighted by atomic mass is 9.93. The Kier molecular flexibility index (Phi) is 3.85. The molecule has 2 aliphatic rings. The molecule has 132 valence electrons. The highest BCUT2D eigenvalue weighted by molar-refractivity contribution is 6.30. The minimum Gasteiger partial charge on any atom is -0.383 e. The second-order valence-electron chi connectivity index (χ2n) is 6.55. The zero-order valence-corrected chi connectivity index (χ0v) is 13.9. The lowest BCUT2D eigenvalue weighted by Gasteiger charge is -2.25. The van der Waals surface area contributed by atoms with Crippen LogP contribution in [0.5, 0.6) is 0 Å². The van der Waals surface area contributed by atoms with Crippen molar-refractivity contribution in [3.05, 3.63) is 77.8 Å². The molecule has 2 amide bonds. The minimum atomic E-state index is -1.18. The number of para-hydroxylation sites is 1. The third-order valence-electron chi connectivity index (χ3n) is 4.89. The third kappa shape index (κ3) is 2.68. The lowest BCUT2D eigenvalue weighted by molar-refractivity contribution is -0.120. The van der Waals surface area contributed by atoms with Gasteiger partial charge in [-0.25, -0.2) is 9.29 Å². The van der Waals surface area contributed by atoms with Crippen molar-refractivity contribution in [1.82, 2.24) is 4.90 Å². The summed E-state index contributed by atoms with van der Waals surface area (Å²) in [4.78, 5) is 27.9. The van der Waals surface area contributed by atoms with Crippen LogP contribution in [0.2, 0.25) is 0 Å². The van der Waals surface area contributed by atoms with Crippen LogP contribution < -0.4 is 4.90 Å². The summed E-state index contributed by atoms with van der Waals surface area (Å²) in [6.07, 6.45) is 1.70. The number of nitrogens with zero attached hydrogens (tertiary/aromatic N) is 2. The van der Waals surface area contributed by atoms with E-state index in [0.717, 1.165) is 4.90 Å². The number of benzene rings is 2. The monoisotopic (exact) mass is 352 g/mol. The molecular formula is C20H17FN2O3. The zero-order valence-electron chi connectivity index (χ0n) is 13.9. The van der Waals surface area contributed by atoms with Crippen LogP contribution in [-0.4, -0.2) is 34.9 Å². The molecule has 1 saturated heterocycles. The van der Waals surface area contributed by atoms with Crippen molar-refractivity contribution in [2.45, 2.75) is 12.0 Å². The molecule has 6 heteroatoms. The molecule has 1 unspecified atom stereocenters. The average Bonchev–Trinajstić information content (AvgIpc) is 3.17. The minimum absolute atomic E-state index is 0.173. The maximum atomic E-state index is 13.1. The fourth-order valence-corrected chi connectivity index (χ4v) is 3.50. The van der Waals surface area contributed by atoms with Gasteiger partial charge in [0.1, 0.15) is 17.1 Å². The molecule has 0 aliphatic carbocycles. The van der Waals surface area contributed by atoms with Gasteiger partial charge in [-0.05, 0) is 36.2 Å². The van der Waals surface area contributed by atoms with Crippen molar-refractivity contribution in [3.63, 3.8) is 0 Å². The predicted octanol–water partition coefficient (Wildman–Crippen LogP) is 2.18. The first kappa shape index (κ1) is 16.5. The van der Waals surface area contributed by atoms with Gasteiger partial charge in [0.25, 0.3) is 11.8 Å². The van der Waals surface area contributed by atoms with Crippen LogP contribution in [0.4, 0.5) is 10.1 Å². The number of likely N-dealkylation sites (tertiary alicyclic amines) is 1. The molecule has 0 aromatic heterocycles. The summed E-state index contributed by atoms with van der Waals surface area (Å²) in [5, 5.41) is 10.9. The number of aliphatic hydroxyl groups is 1. The molecule has 4 rings (SSSR count). The van der Waals surface area contributed by atoms with Gasteiger partial charge in [-0.3, -0.25) is 9.59 Å². The third-order valence-corrected chi connectivity index (χ3v) is 4.89. The highest BCUT2D eigenvalue weighted by Crippen LogP contribution is 2.35. The SMILES string of the molecule is O=C1C=C(N2CCC(O)(c3ccc(F)cc3)C2)C(=O)N1c1ccccc1. The van der Waals surface area contributed by atoms with Crippen molar-refractivity contribution < 1.29 is 19.1 Å². The number of halogens is 1. The predicted molar refractivity (Wildman–Crippen MR) is 93.5 cm³/mol. The molecule has 0 radical (unpaired) electrons. The lowest BCUT2D eigenvalue weighted by Crippen LogP contribution is -2.36. The summed E-state index contributed by atoms with van der Waals surface area (Å²) < 4.78 is 13.1. The summed E-state index contributed by atoms with van der Waals surface area (Å²) in [6.45, 7) is 0.605. The van der Waals surface area contributed by atoms with Gasteiger partial charge >= 0.3 is 0 Å². The number of rotatable bonds is 3. The van der Waals surface area contributed by atoms with E-state index < -0.39 is 17.4 Å². The number of hydrogen-bond donors (Lipinski definition) is 1. The average molecular weight is 352 g/mol. The molecule has 1 atom stereocenters. The van der Waals surface area contributed by atoms with E-state index in [2.05, 4.69) is 0 Å². The van der Waals surface area contributed by atoms with E-state index in [1.54, 1.807) is 41.3 Å². The van der Waals surface area contributed by atoms with E-state index in [-0.39, 0.29) is 18.1 Å². The van der Waals surface area contributed by atoms with Gasteiger partial charge in [0.05, 0.1) is 12.2 Å². The Morgan fingerprint density at radius 3 is 2.38 bits per heavy atom. The Hall–Kier alpha value is -2.99. The summed E-state index contributed by atoms with van der Waals surface area (Å²) >= 11 is 0. The van der Waals surface area contributed by atoms with Crippen molar-refractivity contribution >= 4 is 17.5 Å². The van der Waals surface area contributed by atoms with Crippen molar-refractivity contribution in [3.8, 4) is 0 Å². The second-order valence-corrected chi connectivity index (χ2v) is 6.55. The van der Waals surface area contributed by atoms with Gasteiger partial charge in [-0.2, -0.15) is 0 Å². The number of amides is 2. The Morgan fingerprint density at radius 1 is 1.00 bits per heavy atom. The quantitative estimate of drug-likeness (QED) is 0.860. The van der Waals surface area contributed by atoms with Gasteiger partial charge in [-0.15, -0.1) is 0 Å². The number of hydrogen-bond acceptors (Lipinski definition) is 4. The molecule has 2 aliphatic heterocycles. The van der Waals surface area contributed by atoms with Crippen LogP contribution in [0, 0.1) is 5.82 Å². The largest absolute Gasteiger partial charge is 0.383 e. The Morgan fingerprint density at radius 2 is 1.69 bits per heavy atom. The summed E-state index contributed by atoms with van der Waals surface area (Å²) in [5.41, 5.74) is 0.204. The Bertz CT molecular complexity index is 895. The van der Waals surface area contributed by atoms with E-state index in [9.17, 15) is 19.1 Å². The van der Waals surface area contributed by atoms with Crippen molar-refractivity contribution in [1.29, 1.82) is 0 Å². The van der Waals surface area contributed by atoms with Gasteiger partial charge in [0, 0.05) is 12.6 Å². The normalized spacial score (nSPS) is 22.9.